The minimum atomic E-state index is -0.406. The Balaban J connectivity index is 1.89. The standard InChI is InChI=1S/C11H19NO4/c1-2-15-10(14)9-7-16-11(12-9)5-3-8(13)4-6-11/h8-9,12-13H,2-7H2,1H3. The molecule has 5 heteroatoms. The second-order valence-electron chi connectivity index (χ2n) is 4.49. The lowest BCUT2D eigenvalue weighted by molar-refractivity contribution is -0.145. The highest BCUT2D eigenvalue weighted by Gasteiger charge is 2.44. The average Bonchev–Trinajstić information content (AvgIpc) is 2.68. The Hall–Kier alpha value is -0.650. The van der Waals surface area contributed by atoms with Crippen molar-refractivity contribution in [2.24, 2.45) is 0 Å². The third kappa shape index (κ3) is 2.36. The number of aliphatic hydroxyl groups is 1. The molecule has 1 spiro atoms. The Kier molecular flexibility index (Phi) is 3.47. The molecule has 2 rings (SSSR count). The Morgan fingerprint density at radius 3 is 2.88 bits per heavy atom. The Morgan fingerprint density at radius 2 is 2.25 bits per heavy atom. The SMILES string of the molecule is CCOC(=O)C1COC2(CCC(O)CC2)N1. The van der Waals surface area contributed by atoms with E-state index < -0.39 is 5.72 Å². The maximum Gasteiger partial charge on any atom is 0.325 e. The van der Waals surface area contributed by atoms with Gasteiger partial charge in [-0.3, -0.25) is 10.1 Å². The van der Waals surface area contributed by atoms with E-state index in [0.29, 0.717) is 13.2 Å². The summed E-state index contributed by atoms with van der Waals surface area (Å²) < 4.78 is 10.6. The summed E-state index contributed by atoms with van der Waals surface area (Å²) in [6.45, 7) is 2.55. The van der Waals surface area contributed by atoms with Crippen molar-refractivity contribution in [1.29, 1.82) is 0 Å². The monoisotopic (exact) mass is 229 g/mol. The molecule has 0 aromatic heterocycles. The molecule has 0 bridgehead atoms. The second-order valence-corrected chi connectivity index (χ2v) is 4.49. The van der Waals surface area contributed by atoms with Crippen molar-refractivity contribution in [2.75, 3.05) is 13.2 Å². The maximum atomic E-state index is 11.5. The van der Waals surface area contributed by atoms with Crippen LogP contribution < -0.4 is 5.32 Å². The van der Waals surface area contributed by atoms with Crippen LogP contribution in [0.3, 0.4) is 0 Å². The van der Waals surface area contributed by atoms with Gasteiger partial charge in [-0.25, -0.2) is 0 Å². The van der Waals surface area contributed by atoms with Gasteiger partial charge >= 0.3 is 5.97 Å². The van der Waals surface area contributed by atoms with Crippen LogP contribution in [-0.4, -0.2) is 42.2 Å². The fourth-order valence-corrected chi connectivity index (χ4v) is 2.37. The van der Waals surface area contributed by atoms with Gasteiger partial charge in [0.1, 0.15) is 11.8 Å². The van der Waals surface area contributed by atoms with E-state index in [4.69, 9.17) is 9.47 Å². The summed E-state index contributed by atoms with van der Waals surface area (Å²) in [7, 11) is 0. The number of aliphatic hydroxyl groups excluding tert-OH is 1. The molecule has 1 aliphatic heterocycles. The van der Waals surface area contributed by atoms with Crippen LogP contribution >= 0.6 is 0 Å². The summed E-state index contributed by atoms with van der Waals surface area (Å²) in [5, 5.41) is 12.6. The van der Waals surface area contributed by atoms with Crippen LogP contribution in [0.15, 0.2) is 0 Å². The van der Waals surface area contributed by atoms with Gasteiger partial charge in [0.25, 0.3) is 0 Å². The van der Waals surface area contributed by atoms with Gasteiger partial charge in [0.05, 0.1) is 19.3 Å². The number of hydrogen-bond acceptors (Lipinski definition) is 5. The van der Waals surface area contributed by atoms with Crippen LogP contribution in [0.25, 0.3) is 0 Å². The van der Waals surface area contributed by atoms with Crippen LogP contribution in [0.5, 0.6) is 0 Å². The first-order valence-electron chi connectivity index (χ1n) is 5.91. The van der Waals surface area contributed by atoms with Crippen LogP contribution in [0.2, 0.25) is 0 Å². The lowest BCUT2D eigenvalue weighted by Gasteiger charge is -2.34. The normalized spacial score (nSPS) is 38.9. The van der Waals surface area contributed by atoms with Gasteiger partial charge in [0.2, 0.25) is 0 Å². The molecule has 1 heterocycles. The molecule has 1 atom stereocenters. The quantitative estimate of drug-likeness (QED) is 0.661. The fourth-order valence-electron chi connectivity index (χ4n) is 2.37. The van der Waals surface area contributed by atoms with Crippen molar-refractivity contribution in [1.82, 2.24) is 5.32 Å². The van der Waals surface area contributed by atoms with Gasteiger partial charge in [0, 0.05) is 0 Å². The highest BCUT2D eigenvalue weighted by molar-refractivity contribution is 5.76. The first kappa shape index (κ1) is 11.8. The smallest absolute Gasteiger partial charge is 0.325 e. The summed E-state index contributed by atoms with van der Waals surface area (Å²) in [5.74, 6) is -0.245. The van der Waals surface area contributed by atoms with E-state index in [1.807, 2.05) is 0 Å². The van der Waals surface area contributed by atoms with Crippen molar-refractivity contribution in [3.63, 3.8) is 0 Å². The predicted octanol–water partition coefficient (Wildman–Crippen LogP) is 0.169. The molecular formula is C11H19NO4. The fraction of sp³-hybridized carbons (Fsp3) is 0.909. The van der Waals surface area contributed by atoms with E-state index in [-0.39, 0.29) is 18.1 Å². The Labute approximate surface area is 95.1 Å². The zero-order valence-electron chi connectivity index (χ0n) is 9.57. The molecule has 1 saturated carbocycles. The number of rotatable bonds is 2. The maximum absolute atomic E-state index is 11.5. The lowest BCUT2D eigenvalue weighted by Crippen LogP contribution is -2.49. The molecule has 0 radical (unpaired) electrons. The molecule has 1 saturated heterocycles. The van der Waals surface area contributed by atoms with Gasteiger partial charge in [-0.15, -0.1) is 0 Å². The number of carbonyl (C=O) groups excluding carboxylic acids is 1. The summed E-state index contributed by atoms with van der Waals surface area (Å²) in [4.78, 5) is 11.5. The van der Waals surface area contributed by atoms with E-state index in [0.717, 1.165) is 25.7 Å². The summed E-state index contributed by atoms with van der Waals surface area (Å²) >= 11 is 0. The molecular weight excluding hydrogens is 210 g/mol. The molecule has 1 unspecified atom stereocenters. The highest BCUT2D eigenvalue weighted by Crippen LogP contribution is 2.33. The Bertz CT molecular complexity index is 261. The van der Waals surface area contributed by atoms with Gasteiger partial charge in [-0.05, 0) is 32.6 Å². The molecule has 2 fully saturated rings. The number of carbonyl (C=O) groups is 1. The average molecular weight is 229 g/mol. The third-order valence-electron chi connectivity index (χ3n) is 3.30. The summed E-state index contributed by atoms with van der Waals surface area (Å²) in [6, 6.07) is -0.352. The van der Waals surface area contributed by atoms with Crippen molar-refractivity contribution in [3.05, 3.63) is 0 Å². The predicted molar refractivity (Wildman–Crippen MR) is 56.7 cm³/mol. The van der Waals surface area contributed by atoms with Gasteiger partial charge in [-0.2, -0.15) is 0 Å². The van der Waals surface area contributed by atoms with Gasteiger partial charge in [-0.1, -0.05) is 0 Å². The Morgan fingerprint density at radius 1 is 1.56 bits per heavy atom. The molecule has 0 aromatic carbocycles. The molecule has 0 amide bonds. The molecule has 2 aliphatic rings. The largest absolute Gasteiger partial charge is 0.465 e. The van der Waals surface area contributed by atoms with Gasteiger partial charge < -0.3 is 14.6 Å². The molecule has 2 N–H and O–H groups in total. The summed E-state index contributed by atoms with van der Waals surface area (Å²) in [6.07, 6.45) is 2.73. The van der Waals surface area contributed by atoms with Crippen LogP contribution in [-0.2, 0) is 14.3 Å². The van der Waals surface area contributed by atoms with E-state index >= 15 is 0 Å². The van der Waals surface area contributed by atoms with Crippen molar-refractivity contribution in [3.8, 4) is 0 Å². The minimum absolute atomic E-state index is 0.224. The molecule has 16 heavy (non-hydrogen) atoms. The third-order valence-corrected chi connectivity index (χ3v) is 3.30. The zero-order valence-corrected chi connectivity index (χ0v) is 9.57. The van der Waals surface area contributed by atoms with Gasteiger partial charge in [0.15, 0.2) is 0 Å². The van der Waals surface area contributed by atoms with Crippen molar-refractivity contribution < 1.29 is 19.4 Å². The minimum Gasteiger partial charge on any atom is -0.465 e. The highest BCUT2D eigenvalue weighted by atomic mass is 16.6. The number of nitrogens with one attached hydrogen (secondary N) is 1. The molecule has 92 valence electrons. The number of ether oxygens (including phenoxy) is 2. The second kappa shape index (κ2) is 4.69. The first-order chi connectivity index (χ1) is 7.65. The molecule has 0 aromatic rings. The van der Waals surface area contributed by atoms with E-state index in [2.05, 4.69) is 5.32 Å². The molecule has 1 aliphatic carbocycles. The number of esters is 1. The summed E-state index contributed by atoms with van der Waals surface area (Å²) in [5.41, 5.74) is -0.406. The van der Waals surface area contributed by atoms with E-state index in [1.54, 1.807) is 6.92 Å². The van der Waals surface area contributed by atoms with Crippen molar-refractivity contribution >= 4 is 5.97 Å². The van der Waals surface area contributed by atoms with Crippen molar-refractivity contribution in [2.45, 2.75) is 50.5 Å². The lowest BCUT2D eigenvalue weighted by atomic mass is 9.90. The number of hydrogen-bond donors (Lipinski definition) is 2. The van der Waals surface area contributed by atoms with E-state index in [9.17, 15) is 9.90 Å². The zero-order chi connectivity index (χ0) is 11.6. The van der Waals surface area contributed by atoms with E-state index in [1.165, 1.54) is 0 Å². The topological polar surface area (TPSA) is 67.8 Å². The molecule has 5 nitrogen and oxygen atoms in total. The van der Waals surface area contributed by atoms with Crippen LogP contribution in [0.1, 0.15) is 32.6 Å². The van der Waals surface area contributed by atoms with Crippen LogP contribution in [0.4, 0.5) is 0 Å². The van der Waals surface area contributed by atoms with Crippen LogP contribution in [0, 0.1) is 0 Å². The first-order valence-corrected chi connectivity index (χ1v) is 5.91.